The standard InChI is InChI=1S/C20H20NO4P/c1-25-20(22)13-18-17-10-6-5-9-16(17)11-12-19(18)21-26(23,24)14-15-7-3-2-4-8-15/h2-12H,13-14H2,1H3,(H2,21,23,24). The van der Waals surface area contributed by atoms with E-state index in [0.29, 0.717) is 11.3 Å². The van der Waals surface area contributed by atoms with Crippen LogP contribution < -0.4 is 5.09 Å². The minimum absolute atomic E-state index is 0.00166. The minimum atomic E-state index is -3.70. The number of esters is 1. The molecule has 2 N–H and O–H groups in total. The van der Waals surface area contributed by atoms with Crippen LogP contribution in [0.3, 0.4) is 0 Å². The van der Waals surface area contributed by atoms with E-state index < -0.39 is 13.5 Å². The maximum Gasteiger partial charge on any atom is 0.310 e. The topological polar surface area (TPSA) is 75.6 Å². The van der Waals surface area contributed by atoms with E-state index in [2.05, 4.69) is 5.09 Å². The summed E-state index contributed by atoms with van der Waals surface area (Å²) in [7, 11) is -2.37. The average molecular weight is 369 g/mol. The van der Waals surface area contributed by atoms with Crippen molar-refractivity contribution in [3.8, 4) is 0 Å². The van der Waals surface area contributed by atoms with Crippen LogP contribution in [-0.4, -0.2) is 18.0 Å². The molecule has 1 atom stereocenters. The fourth-order valence-corrected chi connectivity index (χ4v) is 4.28. The summed E-state index contributed by atoms with van der Waals surface area (Å²) >= 11 is 0. The number of anilines is 1. The van der Waals surface area contributed by atoms with Crippen molar-refractivity contribution in [2.45, 2.75) is 12.6 Å². The lowest BCUT2D eigenvalue weighted by Crippen LogP contribution is -2.09. The van der Waals surface area contributed by atoms with E-state index in [4.69, 9.17) is 4.74 Å². The van der Waals surface area contributed by atoms with E-state index in [1.54, 1.807) is 18.2 Å². The van der Waals surface area contributed by atoms with Crippen LogP contribution in [0.15, 0.2) is 66.7 Å². The van der Waals surface area contributed by atoms with E-state index in [0.717, 1.165) is 16.3 Å². The molecule has 0 aromatic heterocycles. The Labute approximate surface area is 152 Å². The number of ether oxygens (including phenoxy) is 1. The van der Waals surface area contributed by atoms with Gasteiger partial charge in [0.05, 0.1) is 19.7 Å². The van der Waals surface area contributed by atoms with Crippen LogP contribution in [0.1, 0.15) is 11.1 Å². The Morgan fingerprint density at radius 3 is 2.46 bits per heavy atom. The molecule has 0 saturated carbocycles. The molecule has 3 aromatic rings. The van der Waals surface area contributed by atoms with Gasteiger partial charge in [-0.05, 0) is 28.0 Å². The molecule has 3 rings (SSSR count). The summed E-state index contributed by atoms with van der Waals surface area (Å²) in [6.07, 6.45) is 0.0177. The fraction of sp³-hybridized carbons (Fsp3) is 0.150. The maximum absolute atomic E-state index is 12.7. The average Bonchev–Trinajstić information content (AvgIpc) is 2.63. The van der Waals surface area contributed by atoms with Crippen molar-refractivity contribution in [1.29, 1.82) is 0 Å². The predicted molar refractivity (Wildman–Crippen MR) is 103 cm³/mol. The summed E-state index contributed by atoms with van der Waals surface area (Å²) in [6, 6.07) is 20.3. The molecule has 5 nitrogen and oxygen atoms in total. The van der Waals surface area contributed by atoms with Crippen LogP contribution in [0.4, 0.5) is 5.69 Å². The first kappa shape index (κ1) is 18.2. The summed E-state index contributed by atoms with van der Waals surface area (Å²) in [5, 5.41) is 4.56. The zero-order valence-corrected chi connectivity index (χ0v) is 15.3. The van der Waals surface area contributed by atoms with Gasteiger partial charge >= 0.3 is 5.97 Å². The predicted octanol–water partition coefficient (Wildman–Crippen LogP) is 4.35. The number of benzene rings is 3. The van der Waals surface area contributed by atoms with Gasteiger partial charge in [-0.25, -0.2) is 0 Å². The van der Waals surface area contributed by atoms with Gasteiger partial charge in [-0.3, -0.25) is 9.36 Å². The molecule has 0 bridgehead atoms. The number of methoxy groups -OCH3 is 1. The Balaban J connectivity index is 1.97. The van der Waals surface area contributed by atoms with Crippen molar-refractivity contribution in [2.75, 3.05) is 12.2 Å². The Hall–Kier alpha value is -2.62. The summed E-state index contributed by atoms with van der Waals surface area (Å²) in [4.78, 5) is 22.3. The largest absolute Gasteiger partial charge is 0.469 e. The Kier molecular flexibility index (Phi) is 5.40. The lowest BCUT2D eigenvalue weighted by Gasteiger charge is -2.19. The van der Waals surface area contributed by atoms with Crippen molar-refractivity contribution in [2.24, 2.45) is 0 Å². The Morgan fingerprint density at radius 2 is 1.73 bits per heavy atom. The maximum atomic E-state index is 12.7. The molecule has 3 aromatic carbocycles. The second-order valence-electron chi connectivity index (χ2n) is 6.02. The third kappa shape index (κ3) is 4.31. The van der Waals surface area contributed by atoms with Crippen molar-refractivity contribution in [1.82, 2.24) is 0 Å². The molecule has 0 aliphatic heterocycles. The van der Waals surface area contributed by atoms with E-state index in [9.17, 15) is 14.3 Å². The van der Waals surface area contributed by atoms with Crippen LogP contribution in [0, 0.1) is 0 Å². The number of nitrogens with one attached hydrogen (secondary N) is 1. The lowest BCUT2D eigenvalue weighted by atomic mass is 10.0. The highest BCUT2D eigenvalue weighted by molar-refractivity contribution is 7.58. The molecule has 1 unspecified atom stereocenters. The summed E-state index contributed by atoms with van der Waals surface area (Å²) in [6.45, 7) is 0. The zero-order valence-electron chi connectivity index (χ0n) is 14.4. The molecule has 0 radical (unpaired) electrons. The van der Waals surface area contributed by atoms with Crippen molar-refractivity contribution in [3.63, 3.8) is 0 Å². The molecular weight excluding hydrogens is 349 g/mol. The summed E-state index contributed by atoms with van der Waals surface area (Å²) < 4.78 is 17.5. The Morgan fingerprint density at radius 1 is 1.04 bits per heavy atom. The molecule has 134 valence electrons. The molecule has 0 heterocycles. The molecule has 0 fully saturated rings. The smallest absolute Gasteiger partial charge is 0.310 e. The first-order valence-electron chi connectivity index (χ1n) is 8.20. The minimum Gasteiger partial charge on any atom is -0.469 e. The molecule has 26 heavy (non-hydrogen) atoms. The van der Waals surface area contributed by atoms with Gasteiger partial charge in [0.25, 0.3) is 7.52 Å². The molecule has 6 heteroatoms. The van der Waals surface area contributed by atoms with Crippen molar-refractivity contribution >= 4 is 29.9 Å². The summed E-state index contributed by atoms with van der Waals surface area (Å²) in [5.41, 5.74) is 1.88. The van der Waals surface area contributed by atoms with Crippen LogP contribution in [0.25, 0.3) is 10.8 Å². The van der Waals surface area contributed by atoms with E-state index in [1.807, 2.05) is 48.5 Å². The third-order valence-corrected chi connectivity index (χ3v) is 5.51. The number of carbonyl (C=O) groups excluding carboxylic acids is 1. The lowest BCUT2D eigenvalue weighted by molar-refractivity contribution is -0.139. The van der Waals surface area contributed by atoms with Crippen LogP contribution in [0.2, 0.25) is 0 Å². The van der Waals surface area contributed by atoms with Gasteiger partial charge in [0.1, 0.15) is 0 Å². The van der Waals surface area contributed by atoms with Crippen molar-refractivity contribution < 1.29 is 19.0 Å². The van der Waals surface area contributed by atoms with Gasteiger partial charge in [0.15, 0.2) is 0 Å². The van der Waals surface area contributed by atoms with Gasteiger partial charge in [0.2, 0.25) is 0 Å². The van der Waals surface area contributed by atoms with Crippen molar-refractivity contribution in [3.05, 3.63) is 77.9 Å². The van der Waals surface area contributed by atoms with Gasteiger partial charge in [-0.2, -0.15) is 0 Å². The normalized spacial score (nSPS) is 13.2. The first-order chi connectivity index (χ1) is 12.5. The van der Waals surface area contributed by atoms with E-state index in [1.165, 1.54) is 7.11 Å². The van der Waals surface area contributed by atoms with Crippen LogP contribution in [-0.2, 0) is 26.7 Å². The van der Waals surface area contributed by atoms with E-state index >= 15 is 0 Å². The number of hydrogen-bond acceptors (Lipinski definition) is 3. The van der Waals surface area contributed by atoms with Crippen LogP contribution >= 0.6 is 7.52 Å². The fourth-order valence-electron chi connectivity index (χ4n) is 2.91. The van der Waals surface area contributed by atoms with E-state index in [-0.39, 0.29) is 12.6 Å². The molecule has 0 aliphatic rings. The third-order valence-electron chi connectivity index (χ3n) is 4.12. The number of hydrogen-bond donors (Lipinski definition) is 2. The van der Waals surface area contributed by atoms with Gasteiger partial charge in [-0.15, -0.1) is 0 Å². The Bertz CT molecular complexity index is 972. The summed E-state index contributed by atoms with van der Waals surface area (Å²) in [5.74, 6) is -0.403. The zero-order chi connectivity index (χ0) is 18.6. The second kappa shape index (κ2) is 7.73. The SMILES string of the molecule is COC(=O)Cc1c(NP(=O)(O)Cc2ccccc2)ccc2ccccc12. The molecule has 0 saturated heterocycles. The molecule has 0 aliphatic carbocycles. The van der Waals surface area contributed by atoms with Gasteiger partial charge in [0, 0.05) is 5.69 Å². The van der Waals surface area contributed by atoms with Gasteiger partial charge < -0.3 is 14.7 Å². The molecule has 0 spiro atoms. The molecular formula is C20H20NO4P. The monoisotopic (exact) mass is 369 g/mol. The van der Waals surface area contributed by atoms with Crippen LogP contribution in [0.5, 0.6) is 0 Å². The first-order valence-corrected chi connectivity index (χ1v) is 10.0. The highest BCUT2D eigenvalue weighted by Crippen LogP contribution is 2.46. The molecule has 0 amide bonds. The number of fused-ring (bicyclic) bond motifs is 1. The second-order valence-corrected chi connectivity index (χ2v) is 7.97. The number of rotatable bonds is 6. The quantitative estimate of drug-likeness (QED) is 0.499. The highest BCUT2D eigenvalue weighted by atomic mass is 31.2. The van der Waals surface area contributed by atoms with Gasteiger partial charge in [-0.1, -0.05) is 60.7 Å². The number of carbonyl (C=O) groups is 1. The highest BCUT2D eigenvalue weighted by Gasteiger charge is 2.22.